The van der Waals surface area contributed by atoms with Crippen LogP contribution in [0.2, 0.25) is 0 Å². The molecule has 0 aliphatic carbocycles. The van der Waals surface area contributed by atoms with Crippen LogP contribution in [0, 0.1) is 5.41 Å². The number of carboxylic acids is 2. The average molecular weight is 328 g/mol. The highest BCUT2D eigenvalue weighted by Crippen LogP contribution is 2.32. The first kappa shape index (κ1) is 20.7. The zero-order chi connectivity index (χ0) is 18.0. The Balaban J connectivity index is 4.91. The molecule has 0 bridgehead atoms. The summed E-state index contributed by atoms with van der Waals surface area (Å²) in [5, 5.41) is 18.5. The van der Waals surface area contributed by atoms with E-state index in [1.807, 2.05) is 13.8 Å². The van der Waals surface area contributed by atoms with Crippen LogP contribution in [0.5, 0.6) is 0 Å². The SMILES string of the molecule is C=C(C)C(=O)OCCC(CCOC=C(C)C)(CC(=O)O)C(=O)O. The molecule has 0 saturated carbocycles. The molecule has 7 nitrogen and oxygen atoms in total. The molecule has 0 aliphatic rings. The molecule has 7 heteroatoms. The molecular formula is C16H24O7. The maximum absolute atomic E-state index is 11.6. The van der Waals surface area contributed by atoms with Gasteiger partial charge in [-0.3, -0.25) is 9.59 Å². The lowest BCUT2D eigenvalue weighted by molar-refractivity contribution is -0.159. The number of hydrogen-bond donors (Lipinski definition) is 2. The van der Waals surface area contributed by atoms with Crippen molar-refractivity contribution in [2.45, 2.75) is 40.0 Å². The third kappa shape index (κ3) is 8.04. The Kier molecular flexibility index (Phi) is 8.69. The largest absolute Gasteiger partial charge is 0.501 e. The molecule has 0 aliphatic heterocycles. The molecular weight excluding hydrogens is 304 g/mol. The Morgan fingerprint density at radius 3 is 2.09 bits per heavy atom. The van der Waals surface area contributed by atoms with Gasteiger partial charge >= 0.3 is 17.9 Å². The average Bonchev–Trinajstić information content (AvgIpc) is 2.41. The fourth-order valence-corrected chi connectivity index (χ4v) is 1.82. The summed E-state index contributed by atoms with van der Waals surface area (Å²) < 4.78 is 10.1. The van der Waals surface area contributed by atoms with Crippen molar-refractivity contribution >= 4 is 17.9 Å². The number of carbonyl (C=O) groups is 3. The summed E-state index contributed by atoms with van der Waals surface area (Å²) >= 11 is 0. The van der Waals surface area contributed by atoms with E-state index in [1.54, 1.807) is 0 Å². The van der Waals surface area contributed by atoms with Crippen molar-refractivity contribution in [3.8, 4) is 0 Å². The van der Waals surface area contributed by atoms with Gasteiger partial charge < -0.3 is 19.7 Å². The van der Waals surface area contributed by atoms with Gasteiger partial charge in [0.25, 0.3) is 0 Å². The topological polar surface area (TPSA) is 110 Å². The number of hydrogen-bond acceptors (Lipinski definition) is 5. The molecule has 1 atom stereocenters. The molecule has 0 spiro atoms. The highest BCUT2D eigenvalue weighted by atomic mass is 16.5. The van der Waals surface area contributed by atoms with Crippen molar-refractivity contribution in [2.24, 2.45) is 5.41 Å². The van der Waals surface area contributed by atoms with Crippen LogP contribution in [-0.4, -0.2) is 41.3 Å². The number of carboxylic acid groups (broad SMARTS) is 2. The first-order valence-electron chi connectivity index (χ1n) is 7.13. The van der Waals surface area contributed by atoms with E-state index in [1.165, 1.54) is 13.2 Å². The van der Waals surface area contributed by atoms with Crippen molar-refractivity contribution < 1.29 is 34.1 Å². The van der Waals surface area contributed by atoms with E-state index in [0.29, 0.717) is 0 Å². The fourth-order valence-electron chi connectivity index (χ4n) is 1.82. The minimum Gasteiger partial charge on any atom is -0.501 e. The van der Waals surface area contributed by atoms with Crippen LogP contribution in [0.1, 0.15) is 40.0 Å². The van der Waals surface area contributed by atoms with Gasteiger partial charge in [-0.05, 0) is 39.2 Å². The number of aliphatic carboxylic acids is 2. The van der Waals surface area contributed by atoms with Crippen molar-refractivity contribution in [2.75, 3.05) is 13.2 Å². The second-order valence-electron chi connectivity index (χ2n) is 5.64. The van der Waals surface area contributed by atoms with Crippen LogP contribution in [0.25, 0.3) is 0 Å². The number of ether oxygens (including phenoxy) is 2. The van der Waals surface area contributed by atoms with Gasteiger partial charge in [0.1, 0.15) is 0 Å². The van der Waals surface area contributed by atoms with Crippen LogP contribution in [0.4, 0.5) is 0 Å². The molecule has 0 heterocycles. The summed E-state index contributed by atoms with van der Waals surface area (Å²) in [7, 11) is 0. The van der Waals surface area contributed by atoms with Gasteiger partial charge in [-0.1, -0.05) is 6.58 Å². The predicted octanol–water partition coefficient (Wildman–Crippen LogP) is 2.37. The van der Waals surface area contributed by atoms with Gasteiger partial charge in [-0.25, -0.2) is 4.79 Å². The molecule has 0 amide bonds. The van der Waals surface area contributed by atoms with Gasteiger partial charge in [0.2, 0.25) is 0 Å². The van der Waals surface area contributed by atoms with Gasteiger partial charge in [0.05, 0.1) is 31.3 Å². The lowest BCUT2D eigenvalue weighted by Gasteiger charge is -2.27. The normalized spacial score (nSPS) is 12.7. The molecule has 1 unspecified atom stereocenters. The summed E-state index contributed by atoms with van der Waals surface area (Å²) in [6.45, 7) is 8.38. The molecule has 0 aromatic rings. The zero-order valence-electron chi connectivity index (χ0n) is 13.8. The first-order chi connectivity index (χ1) is 10.6. The first-order valence-corrected chi connectivity index (χ1v) is 7.13. The molecule has 0 saturated heterocycles. The van der Waals surface area contributed by atoms with Gasteiger partial charge in [-0.2, -0.15) is 0 Å². The molecule has 2 N–H and O–H groups in total. The molecule has 0 aromatic carbocycles. The highest BCUT2D eigenvalue weighted by Gasteiger charge is 2.40. The maximum atomic E-state index is 11.6. The third-order valence-electron chi connectivity index (χ3n) is 3.12. The lowest BCUT2D eigenvalue weighted by Crippen LogP contribution is -2.36. The minimum atomic E-state index is -1.56. The summed E-state index contributed by atoms with van der Waals surface area (Å²) in [4.78, 5) is 34.0. The third-order valence-corrected chi connectivity index (χ3v) is 3.12. The molecule has 0 fully saturated rings. The zero-order valence-corrected chi connectivity index (χ0v) is 13.8. The van der Waals surface area contributed by atoms with Crippen molar-refractivity contribution in [1.82, 2.24) is 0 Å². The van der Waals surface area contributed by atoms with Gasteiger partial charge in [0.15, 0.2) is 0 Å². The Labute approximate surface area is 135 Å². The molecule has 130 valence electrons. The monoisotopic (exact) mass is 328 g/mol. The summed E-state index contributed by atoms with van der Waals surface area (Å²) in [6, 6.07) is 0. The van der Waals surface area contributed by atoms with Crippen LogP contribution >= 0.6 is 0 Å². The maximum Gasteiger partial charge on any atom is 0.333 e. The molecule has 23 heavy (non-hydrogen) atoms. The quantitative estimate of drug-likeness (QED) is 0.259. The van der Waals surface area contributed by atoms with E-state index in [9.17, 15) is 19.5 Å². The Morgan fingerprint density at radius 2 is 1.65 bits per heavy atom. The van der Waals surface area contributed by atoms with Gasteiger partial charge in [0, 0.05) is 5.57 Å². The summed E-state index contributed by atoms with van der Waals surface area (Å²) in [5.74, 6) is -3.13. The Hall–Kier alpha value is -2.31. The number of rotatable bonds is 11. The second-order valence-corrected chi connectivity index (χ2v) is 5.64. The standard InChI is InChI=1S/C16H24O7/c1-11(2)10-22-7-5-16(15(20)21,9-13(17)18)6-8-23-14(19)12(3)4/h10H,3,5-9H2,1-2,4H3,(H,17,18)(H,20,21). The summed E-state index contributed by atoms with van der Waals surface area (Å²) in [6.07, 6.45) is 0.772. The Morgan fingerprint density at radius 1 is 1.09 bits per heavy atom. The van der Waals surface area contributed by atoms with Crippen LogP contribution in [0.3, 0.4) is 0 Å². The smallest absolute Gasteiger partial charge is 0.333 e. The van der Waals surface area contributed by atoms with Crippen molar-refractivity contribution in [3.05, 3.63) is 24.0 Å². The number of carbonyl (C=O) groups excluding carboxylic acids is 1. The summed E-state index contributed by atoms with van der Waals surface area (Å²) in [5.41, 5.74) is -0.466. The van der Waals surface area contributed by atoms with Crippen molar-refractivity contribution in [3.63, 3.8) is 0 Å². The molecule has 0 rings (SSSR count). The molecule has 0 radical (unpaired) electrons. The number of allylic oxidation sites excluding steroid dienone is 1. The van der Waals surface area contributed by atoms with E-state index < -0.39 is 29.7 Å². The molecule has 0 aromatic heterocycles. The highest BCUT2D eigenvalue weighted by molar-refractivity contribution is 5.87. The van der Waals surface area contributed by atoms with Crippen LogP contribution in [-0.2, 0) is 23.9 Å². The van der Waals surface area contributed by atoms with Crippen LogP contribution in [0.15, 0.2) is 24.0 Å². The fraction of sp³-hybridized carbons (Fsp3) is 0.562. The predicted molar refractivity (Wildman–Crippen MR) is 82.7 cm³/mol. The second kappa shape index (κ2) is 9.66. The van der Waals surface area contributed by atoms with E-state index in [0.717, 1.165) is 5.57 Å². The Bertz CT molecular complexity index is 489. The van der Waals surface area contributed by atoms with E-state index >= 15 is 0 Å². The number of esters is 1. The van der Waals surface area contributed by atoms with E-state index in [-0.39, 0.29) is 31.6 Å². The van der Waals surface area contributed by atoms with Gasteiger partial charge in [-0.15, -0.1) is 0 Å². The van der Waals surface area contributed by atoms with E-state index in [2.05, 4.69) is 6.58 Å². The van der Waals surface area contributed by atoms with E-state index in [4.69, 9.17) is 14.6 Å². The van der Waals surface area contributed by atoms with Crippen molar-refractivity contribution in [1.29, 1.82) is 0 Å². The van der Waals surface area contributed by atoms with Crippen LogP contribution < -0.4 is 0 Å². The lowest BCUT2D eigenvalue weighted by atomic mass is 9.78. The minimum absolute atomic E-state index is 0.0109.